The van der Waals surface area contributed by atoms with E-state index in [1.54, 1.807) is 0 Å². The largest absolute Gasteiger partial charge is 0.388 e. The van der Waals surface area contributed by atoms with Gasteiger partial charge in [-0.05, 0) is 38.3 Å². The van der Waals surface area contributed by atoms with Crippen LogP contribution >= 0.6 is 0 Å². The molecule has 3 rings (SSSR count). The first kappa shape index (κ1) is 15.0. The van der Waals surface area contributed by atoms with E-state index in [9.17, 15) is 5.11 Å². The number of nitrogens with zero attached hydrogens (tertiary/aromatic N) is 2. The van der Waals surface area contributed by atoms with Crippen molar-refractivity contribution in [1.82, 2.24) is 9.80 Å². The molecule has 2 saturated heterocycles. The molecule has 3 unspecified atom stereocenters. The molecule has 0 saturated carbocycles. The molecule has 1 N–H and O–H groups in total. The molecule has 0 radical (unpaired) electrons. The molecule has 0 spiro atoms. The lowest BCUT2D eigenvalue weighted by atomic mass is 9.96. The molecular formula is C18H28N2O. The van der Waals surface area contributed by atoms with Crippen LogP contribution in [-0.4, -0.2) is 53.2 Å². The Morgan fingerprint density at radius 3 is 2.81 bits per heavy atom. The molecule has 3 nitrogen and oxygen atoms in total. The van der Waals surface area contributed by atoms with Crippen molar-refractivity contribution in [3.05, 3.63) is 35.9 Å². The van der Waals surface area contributed by atoms with Gasteiger partial charge in [0.05, 0.1) is 6.10 Å². The van der Waals surface area contributed by atoms with Crippen molar-refractivity contribution in [2.75, 3.05) is 26.2 Å². The molecule has 2 aliphatic heterocycles. The van der Waals surface area contributed by atoms with Gasteiger partial charge in [-0.3, -0.25) is 9.80 Å². The first-order valence-electron chi connectivity index (χ1n) is 8.45. The maximum Gasteiger partial charge on any atom is 0.0802 e. The average molecular weight is 288 g/mol. The van der Waals surface area contributed by atoms with E-state index in [0.717, 1.165) is 24.6 Å². The summed E-state index contributed by atoms with van der Waals surface area (Å²) >= 11 is 0. The zero-order valence-corrected chi connectivity index (χ0v) is 13.1. The van der Waals surface area contributed by atoms with Crippen molar-refractivity contribution in [2.24, 2.45) is 0 Å². The summed E-state index contributed by atoms with van der Waals surface area (Å²) in [6.45, 7) is 7.01. The molecule has 116 valence electrons. The highest BCUT2D eigenvalue weighted by atomic mass is 16.3. The molecule has 2 aliphatic rings. The number of piperazine rings is 1. The van der Waals surface area contributed by atoms with E-state index in [1.165, 1.54) is 38.9 Å². The molecule has 1 aromatic rings. The van der Waals surface area contributed by atoms with Gasteiger partial charge in [-0.15, -0.1) is 0 Å². The third-order valence-corrected chi connectivity index (χ3v) is 5.19. The minimum absolute atomic E-state index is 0.331. The van der Waals surface area contributed by atoms with Gasteiger partial charge in [0.2, 0.25) is 0 Å². The number of rotatable bonds is 4. The number of benzene rings is 1. The van der Waals surface area contributed by atoms with E-state index in [-0.39, 0.29) is 6.10 Å². The van der Waals surface area contributed by atoms with Crippen LogP contribution in [0.2, 0.25) is 0 Å². The molecule has 2 heterocycles. The summed E-state index contributed by atoms with van der Waals surface area (Å²) in [6.07, 6.45) is 4.61. The Labute approximate surface area is 128 Å². The van der Waals surface area contributed by atoms with Gasteiger partial charge in [-0.2, -0.15) is 0 Å². The maximum atomic E-state index is 10.3. The van der Waals surface area contributed by atoms with Crippen LogP contribution < -0.4 is 0 Å². The van der Waals surface area contributed by atoms with Crippen LogP contribution in [-0.2, 0) is 0 Å². The fraction of sp³-hybridized carbons (Fsp3) is 0.667. The summed E-state index contributed by atoms with van der Waals surface area (Å²) in [7, 11) is 0. The van der Waals surface area contributed by atoms with E-state index in [1.807, 2.05) is 30.3 Å². The van der Waals surface area contributed by atoms with Crippen molar-refractivity contribution < 1.29 is 5.11 Å². The summed E-state index contributed by atoms with van der Waals surface area (Å²) in [5.74, 6) is 0. The Balaban J connectivity index is 1.52. The molecule has 0 aromatic heterocycles. The van der Waals surface area contributed by atoms with Crippen LogP contribution in [0.3, 0.4) is 0 Å². The summed E-state index contributed by atoms with van der Waals surface area (Å²) < 4.78 is 0. The standard InChI is InChI=1S/C18H28N2O/c1-15-13-20-11-6-5-9-17(20)14-19(15)12-10-18(21)16-7-3-2-4-8-16/h2-4,7-8,15,17-18,21H,5-6,9-14H2,1H3. The zero-order valence-electron chi connectivity index (χ0n) is 13.1. The topological polar surface area (TPSA) is 26.7 Å². The molecule has 1 aromatic carbocycles. The lowest BCUT2D eigenvalue weighted by Crippen LogP contribution is -2.58. The van der Waals surface area contributed by atoms with Crippen molar-refractivity contribution in [2.45, 2.75) is 50.8 Å². The smallest absolute Gasteiger partial charge is 0.0802 e. The van der Waals surface area contributed by atoms with Gasteiger partial charge in [0.1, 0.15) is 0 Å². The minimum atomic E-state index is -0.331. The van der Waals surface area contributed by atoms with Gasteiger partial charge >= 0.3 is 0 Å². The third-order valence-electron chi connectivity index (χ3n) is 5.19. The highest BCUT2D eigenvalue weighted by Gasteiger charge is 2.32. The second-order valence-electron chi connectivity index (χ2n) is 6.70. The number of hydrogen-bond acceptors (Lipinski definition) is 3. The molecule has 21 heavy (non-hydrogen) atoms. The quantitative estimate of drug-likeness (QED) is 0.923. The molecule has 2 fully saturated rings. The monoisotopic (exact) mass is 288 g/mol. The Morgan fingerprint density at radius 1 is 1.19 bits per heavy atom. The van der Waals surface area contributed by atoms with E-state index in [2.05, 4.69) is 16.7 Å². The van der Waals surface area contributed by atoms with E-state index >= 15 is 0 Å². The van der Waals surface area contributed by atoms with Crippen LogP contribution in [0.25, 0.3) is 0 Å². The molecule has 0 bridgehead atoms. The van der Waals surface area contributed by atoms with Gasteiger partial charge in [0.25, 0.3) is 0 Å². The highest BCUT2D eigenvalue weighted by Crippen LogP contribution is 2.25. The van der Waals surface area contributed by atoms with Crippen LogP contribution in [0.4, 0.5) is 0 Å². The van der Waals surface area contributed by atoms with E-state index < -0.39 is 0 Å². The maximum absolute atomic E-state index is 10.3. The Kier molecular flexibility index (Phi) is 4.94. The normalized spacial score (nSPS) is 29.0. The van der Waals surface area contributed by atoms with E-state index in [0.29, 0.717) is 6.04 Å². The van der Waals surface area contributed by atoms with Crippen LogP contribution in [0.5, 0.6) is 0 Å². The van der Waals surface area contributed by atoms with Gasteiger partial charge in [0.15, 0.2) is 0 Å². The number of aliphatic hydroxyl groups is 1. The lowest BCUT2D eigenvalue weighted by molar-refractivity contribution is 0.00812. The van der Waals surface area contributed by atoms with Crippen molar-refractivity contribution in [3.8, 4) is 0 Å². The Hall–Kier alpha value is -0.900. The minimum Gasteiger partial charge on any atom is -0.388 e. The third kappa shape index (κ3) is 3.65. The van der Waals surface area contributed by atoms with Gasteiger partial charge in [-0.25, -0.2) is 0 Å². The van der Waals surface area contributed by atoms with Crippen LogP contribution in [0, 0.1) is 0 Å². The molecular weight excluding hydrogens is 260 g/mol. The first-order chi connectivity index (χ1) is 10.2. The summed E-state index contributed by atoms with van der Waals surface area (Å²) in [4.78, 5) is 5.26. The second-order valence-corrected chi connectivity index (χ2v) is 6.70. The van der Waals surface area contributed by atoms with Gasteiger partial charge in [0, 0.05) is 31.7 Å². The molecule has 0 amide bonds. The SMILES string of the molecule is CC1CN2CCCCC2CN1CCC(O)c1ccccc1. The number of fused-ring (bicyclic) bond motifs is 1. The van der Waals surface area contributed by atoms with Crippen LogP contribution in [0.15, 0.2) is 30.3 Å². The molecule has 3 atom stereocenters. The first-order valence-corrected chi connectivity index (χ1v) is 8.45. The van der Waals surface area contributed by atoms with Crippen molar-refractivity contribution >= 4 is 0 Å². The van der Waals surface area contributed by atoms with Gasteiger partial charge < -0.3 is 5.11 Å². The molecule has 0 aliphatic carbocycles. The lowest BCUT2D eigenvalue weighted by Gasteiger charge is -2.47. The highest BCUT2D eigenvalue weighted by molar-refractivity contribution is 5.17. The molecule has 3 heteroatoms. The average Bonchev–Trinajstić information content (AvgIpc) is 2.53. The summed E-state index contributed by atoms with van der Waals surface area (Å²) in [5, 5.41) is 10.3. The number of hydrogen-bond donors (Lipinski definition) is 1. The summed E-state index contributed by atoms with van der Waals surface area (Å²) in [6, 6.07) is 11.4. The predicted molar refractivity (Wildman–Crippen MR) is 86.3 cm³/mol. The Morgan fingerprint density at radius 2 is 2.00 bits per heavy atom. The zero-order chi connectivity index (χ0) is 14.7. The second kappa shape index (κ2) is 6.91. The van der Waals surface area contributed by atoms with Crippen molar-refractivity contribution in [1.29, 1.82) is 0 Å². The Bertz CT molecular complexity index is 436. The number of aliphatic hydroxyl groups excluding tert-OH is 1. The fourth-order valence-electron chi connectivity index (χ4n) is 3.85. The van der Waals surface area contributed by atoms with E-state index in [4.69, 9.17) is 0 Å². The number of piperidine rings is 1. The van der Waals surface area contributed by atoms with Gasteiger partial charge in [-0.1, -0.05) is 36.8 Å². The fourth-order valence-corrected chi connectivity index (χ4v) is 3.85. The van der Waals surface area contributed by atoms with Crippen LogP contribution in [0.1, 0.15) is 44.3 Å². The predicted octanol–water partition coefficient (Wildman–Crippen LogP) is 2.67. The van der Waals surface area contributed by atoms with Crippen molar-refractivity contribution in [3.63, 3.8) is 0 Å². The summed E-state index contributed by atoms with van der Waals surface area (Å²) in [5.41, 5.74) is 1.04.